The zero-order valence-electron chi connectivity index (χ0n) is 26.8. The number of nitrogens with one attached hydrogen (secondary N) is 2. The molecule has 1 aliphatic heterocycles. The maximum Gasteiger partial charge on any atom is 0.251 e. The molecule has 4 aromatic rings. The SMILES string of the molecule is CCCc1cc(C(=O)N[C@@H](Cc2ccccc2)[C@@H](O)CNCc2cccc(OC)c2)cc(N2CC(c3ccccc3)CCC2=O)c1. The Labute approximate surface area is 272 Å². The molecule has 0 spiro atoms. The minimum Gasteiger partial charge on any atom is -0.497 e. The highest BCUT2D eigenvalue weighted by Gasteiger charge is 2.29. The zero-order chi connectivity index (χ0) is 32.3. The van der Waals surface area contributed by atoms with Crippen molar-refractivity contribution < 1.29 is 19.4 Å². The molecule has 3 N–H and O–H groups in total. The number of carbonyl (C=O) groups excluding carboxylic acids is 2. The van der Waals surface area contributed by atoms with E-state index in [1.165, 1.54) is 5.56 Å². The molecule has 46 heavy (non-hydrogen) atoms. The lowest BCUT2D eigenvalue weighted by molar-refractivity contribution is -0.119. The molecule has 2 amide bonds. The van der Waals surface area contributed by atoms with Gasteiger partial charge in [0.05, 0.1) is 19.3 Å². The number of aryl methyl sites for hydroxylation is 1. The Kier molecular flexibility index (Phi) is 11.6. The highest BCUT2D eigenvalue weighted by atomic mass is 16.5. The molecule has 7 heteroatoms. The van der Waals surface area contributed by atoms with E-state index in [1.807, 2.05) is 95.9 Å². The molecule has 1 saturated heterocycles. The van der Waals surface area contributed by atoms with Gasteiger partial charge in [-0.2, -0.15) is 0 Å². The van der Waals surface area contributed by atoms with Crippen molar-refractivity contribution in [3.63, 3.8) is 0 Å². The maximum absolute atomic E-state index is 13.9. The largest absolute Gasteiger partial charge is 0.497 e. The van der Waals surface area contributed by atoms with Gasteiger partial charge in [-0.3, -0.25) is 9.59 Å². The summed E-state index contributed by atoms with van der Waals surface area (Å²) in [7, 11) is 1.64. The Morgan fingerprint density at radius 2 is 1.67 bits per heavy atom. The third kappa shape index (κ3) is 8.83. The van der Waals surface area contributed by atoms with Crippen LogP contribution in [-0.2, 0) is 24.2 Å². The van der Waals surface area contributed by atoms with E-state index < -0.39 is 12.1 Å². The van der Waals surface area contributed by atoms with Crippen molar-refractivity contribution in [2.75, 3.05) is 25.1 Å². The average molecular weight is 620 g/mol. The molecule has 0 aromatic heterocycles. The Morgan fingerprint density at radius 1 is 0.935 bits per heavy atom. The minimum absolute atomic E-state index is 0.0756. The second-order valence-corrected chi connectivity index (χ2v) is 12.1. The van der Waals surface area contributed by atoms with Crippen LogP contribution >= 0.6 is 0 Å². The summed E-state index contributed by atoms with van der Waals surface area (Å²) in [6, 6.07) is 33.2. The van der Waals surface area contributed by atoms with E-state index in [1.54, 1.807) is 7.11 Å². The Hall–Kier alpha value is -4.46. The Balaban J connectivity index is 1.34. The summed E-state index contributed by atoms with van der Waals surface area (Å²) < 4.78 is 5.33. The van der Waals surface area contributed by atoms with E-state index in [-0.39, 0.29) is 17.7 Å². The topological polar surface area (TPSA) is 90.9 Å². The Morgan fingerprint density at radius 3 is 2.41 bits per heavy atom. The van der Waals surface area contributed by atoms with Gasteiger partial charge in [0, 0.05) is 43.2 Å². The van der Waals surface area contributed by atoms with Crippen molar-refractivity contribution in [1.82, 2.24) is 10.6 Å². The van der Waals surface area contributed by atoms with Crippen molar-refractivity contribution in [3.8, 4) is 5.75 Å². The lowest BCUT2D eigenvalue weighted by Gasteiger charge is -2.33. The summed E-state index contributed by atoms with van der Waals surface area (Å²) in [5.74, 6) is 0.823. The number of methoxy groups -OCH3 is 1. The first-order chi connectivity index (χ1) is 22.4. The molecule has 1 aliphatic rings. The van der Waals surface area contributed by atoms with Gasteiger partial charge < -0.3 is 25.4 Å². The van der Waals surface area contributed by atoms with E-state index in [2.05, 4.69) is 29.7 Å². The van der Waals surface area contributed by atoms with Crippen LogP contribution in [0.4, 0.5) is 5.69 Å². The monoisotopic (exact) mass is 619 g/mol. The van der Waals surface area contributed by atoms with Gasteiger partial charge in [0.2, 0.25) is 5.91 Å². The molecule has 5 rings (SSSR count). The smallest absolute Gasteiger partial charge is 0.251 e. The van der Waals surface area contributed by atoms with Gasteiger partial charge in [-0.05, 0) is 71.8 Å². The molecule has 240 valence electrons. The van der Waals surface area contributed by atoms with Crippen LogP contribution in [0.1, 0.15) is 64.7 Å². The maximum atomic E-state index is 13.9. The molecule has 1 unspecified atom stereocenters. The fourth-order valence-electron chi connectivity index (χ4n) is 6.18. The van der Waals surface area contributed by atoms with E-state index in [0.717, 1.165) is 47.4 Å². The highest BCUT2D eigenvalue weighted by molar-refractivity contribution is 5.99. The third-order valence-corrected chi connectivity index (χ3v) is 8.67. The zero-order valence-corrected chi connectivity index (χ0v) is 26.8. The lowest BCUT2D eigenvalue weighted by Crippen LogP contribution is -2.48. The first-order valence-electron chi connectivity index (χ1n) is 16.3. The molecule has 0 aliphatic carbocycles. The van der Waals surface area contributed by atoms with Crippen LogP contribution in [0.3, 0.4) is 0 Å². The van der Waals surface area contributed by atoms with E-state index in [0.29, 0.717) is 38.0 Å². The van der Waals surface area contributed by atoms with Crippen LogP contribution in [0.2, 0.25) is 0 Å². The summed E-state index contributed by atoms with van der Waals surface area (Å²) in [5, 5.41) is 17.8. The summed E-state index contributed by atoms with van der Waals surface area (Å²) in [4.78, 5) is 29.0. The molecular formula is C39H45N3O4. The average Bonchev–Trinajstić information content (AvgIpc) is 3.09. The minimum atomic E-state index is -0.844. The number of rotatable bonds is 14. The van der Waals surface area contributed by atoms with Crippen molar-refractivity contribution in [2.24, 2.45) is 0 Å². The van der Waals surface area contributed by atoms with Gasteiger partial charge >= 0.3 is 0 Å². The van der Waals surface area contributed by atoms with Crippen molar-refractivity contribution in [3.05, 3.63) is 131 Å². The predicted octanol–water partition coefficient (Wildman–Crippen LogP) is 6.05. The number of piperidine rings is 1. The number of aliphatic hydroxyl groups excluding tert-OH is 1. The molecule has 3 atom stereocenters. The van der Waals surface area contributed by atoms with E-state index in [9.17, 15) is 14.7 Å². The van der Waals surface area contributed by atoms with Crippen LogP contribution in [0, 0.1) is 0 Å². The van der Waals surface area contributed by atoms with Crippen LogP contribution in [0.25, 0.3) is 0 Å². The first kappa shape index (κ1) is 32.9. The lowest BCUT2D eigenvalue weighted by atomic mass is 9.89. The number of benzene rings is 4. The number of amides is 2. The number of anilines is 1. The Bertz CT molecular complexity index is 1580. The number of hydrogen-bond donors (Lipinski definition) is 3. The second-order valence-electron chi connectivity index (χ2n) is 12.1. The molecule has 4 aromatic carbocycles. The van der Waals surface area contributed by atoms with Crippen LogP contribution in [0.5, 0.6) is 5.75 Å². The van der Waals surface area contributed by atoms with Gasteiger partial charge in [-0.1, -0.05) is 86.1 Å². The number of nitrogens with zero attached hydrogens (tertiary/aromatic N) is 1. The number of carbonyl (C=O) groups is 2. The van der Waals surface area contributed by atoms with E-state index in [4.69, 9.17) is 4.74 Å². The predicted molar refractivity (Wildman–Crippen MR) is 183 cm³/mol. The fourth-order valence-corrected chi connectivity index (χ4v) is 6.18. The molecular weight excluding hydrogens is 574 g/mol. The van der Waals surface area contributed by atoms with Gasteiger partial charge in [-0.15, -0.1) is 0 Å². The van der Waals surface area contributed by atoms with Gasteiger partial charge in [0.1, 0.15) is 5.75 Å². The van der Waals surface area contributed by atoms with Crippen molar-refractivity contribution in [1.29, 1.82) is 0 Å². The summed E-state index contributed by atoms with van der Waals surface area (Å²) in [6.45, 7) is 3.53. The number of aliphatic hydroxyl groups is 1. The number of hydrogen-bond acceptors (Lipinski definition) is 5. The highest BCUT2D eigenvalue weighted by Crippen LogP contribution is 2.32. The molecule has 7 nitrogen and oxygen atoms in total. The molecule has 0 saturated carbocycles. The summed E-state index contributed by atoms with van der Waals surface area (Å²) in [5.41, 5.74) is 5.54. The quantitative estimate of drug-likeness (QED) is 0.160. The second kappa shape index (κ2) is 16.2. The van der Waals surface area contributed by atoms with Gasteiger partial charge in [-0.25, -0.2) is 0 Å². The van der Waals surface area contributed by atoms with Gasteiger partial charge in [0.15, 0.2) is 0 Å². The van der Waals surface area contributed by atoms with Crippen LogP contribution in [0.15, 0.2) is 103 Å². The standard InChI is InChI=1S/C39H45N3O4/c1-3-11-29-20-33(24-34(21-29)42-27-32(18-19-38(42)44)31-15-8-5-9-16-31)39(45)41-36(23-28-12-6-4-7-13-28)37(43)26-40-25-30-14-10-17-35(22-30)46-2/h4-10,12-17,20-22,24,32,36-37,40,43H,3,11,18-19,23,25-27H2,1-2H3,(H,41,45)/t32?,36-,37-/m0/s1. The normalized spacial score (nSPS) is 16.1. The van der Waals surface area contributed by atoms with Crippen LogP contribution < -0.4 is 20.3 Å². The van der Waals surface area contributed by atoms with Gasteiger partial charge in [0.25, 0.3) is 5.91 Å². The van der Waals surface area contributed by atoms with Crippen LogP contribution in [-0.4, -0.2) is 49.3 Å². The molecule has 1 heterocycles. The fraction of sp³-hybridized carbons (Fsp3) is 0.333. The molecule has 0 radical (unpaired) electrons. The van der Waals surface area contributed by atoms with Crippen molar-refractivity contribution >= 4 is 17.5 Å². The molecule has 1 fully saturated rings. The summed E-state index contributed by atoms with van der Waals surface area (Å²) in [6.07, 6.45) is 2.62. The molecule has 0 bridgehead atoms. The van der Waals surface area contributed by atoms with E-state index >= 15 is 0 Å². The first-order valence-corrected chi connectivity index (χ1v) is 16.3. The third-order valence-electron chi connectivity index (χ3n) is 8.67. The van der Waals surface area contributed by atoms with Crippen molar-refractivity contribution in [2.45, 2.75) is 63.6 Å². The summed E-state index contributed by atoms with van der Waals surface area (Å²) >= 11 is 0. The number of ether oxygens (including phenoxy) is 1.